The Morgan fingerprint density at radius 2 is 1.65 bits per heavy atom. The Morgan fingerprint density at radius 1 is 1.05 bits per heavy atom. The third kappa shape index (κ3) is 5.93. The van der Waals surface area contributed by atoms with E-state index >= 15 is 0 Å². The molecule has 0 fully saturated rings. The fraction of sp³-hybridized carbons (Fsp3) is 0.647. The number of benzene rings is 1. The third-order valence-corrected chi connectivity index (χ3v) is 3.02. The molecule has 0 unspecified atom stereocenters. The van der Waals surface area contributed by atoms with E-state index < -0.39 is 0 Å². The molecule has 0 aromatic heterocycles. The lowest BCUT2D eigenvalue weighted by molar-refractivity contribution is 0.109. The predicted octanol–water partition coefficient (Wildman–Crippen LogP) is 3.61. The van der Waals surface area contributed by atoms with Gasteiger partial charge in [-0.25, -0.2) is 0 Å². The van der Waals surface area contributed by atoms with Gasteiger partial charge in [-0.2, -0.15) is 0 Å². The summed E-state index contributed by atoms with van der Waals surface area (Å²) in [5, 5.41) is 3.51. The van der Waals surface area contributed by atoms with Crippen LogP contribution in [0.25, 0.3) is 0 Å². The highest BCUT2D eigenvalue weighted by atomic mass is 16.5. The van der Waals surface area contributed by atoms with Gasteiger partial charge in [0.25, 0.3) is 0 Å². The Labute approximate surface area is 123 Å². The van der Waals surface area contributed by atoms with Crippen LogP contribution in [0.2, 0.25) is 0 Å². The van der Waals surface area contributed by atoms with Crippen molar-refractivity contribution in [2.75, 3.05) is 19.8 Å². The first-order chi connectivity index (χ1) is 9.33. The van der Waals surface area contributed by atoms with Gasteiger partial charge in [-0.15, -0.1) is 0 Å². The Balaban J connectivity index is 2.66. The van der Waals surface area contributed by atoms with Crippen LogP contribution in [0.4, 0.5) is 0 Å². The molecule has 3 nitrogen and oxygen atoms in total. The Bertz CT molecular complexity index is 398. The fourth-order valence-corrected chi connectivity index (χ4v) is 2.08. The SMILES string of the molecule is CCOCCOc1c(C)cc(CNC(C)(C)C)cc1C. The molecule has 0 aliphatic carbocycles. The van der Waals surface area contributed by atoms with Gasteiger partial charge in [0.2, 0.25) is 0 Å². The summed E-state index contributed by atoms with van der Waals surface area (Å²) in [5.41, 5.74) is 3.81. The van der Waals surface area contributed by atoms with Crippen molar-refractivity contribution in [1.82, 2.24) is 5.32 Å². The highest BCUT2D eigenvalue weighted by Crippen LogP contribution is 2.25. The summed E-state index contributed by atoms with van der Waals surface area (Å²) in [4.78, 5) is 0. The molecule has 0 heterocycles. The second-order valence-corrected chi connectivity index (χ2v) is 6.21. The van der Waals surface area contributed by atoms with Gasteiger partial charge < -0.3 is 14.8 Å². The molecule has 0 aliphatic rings. The van der Waals surface area contributed by atoms with Crippen molar-refractivity contribution in [3.63, 3.8) is 0 Å². The number of aryl methyl sites for hydroxylation is 2. The maximum Gasteiger partial charge on any atom is 0.125 e. The smallest absolute Gasteiger partial charge is 0.125 e. The molecule has 0 bridgehead atoms. The lowest BCUT2D eigenvalue weighted by atomic mass is 10.0. The Morgan fingerprint density at radius 3 is 2.15 bits per heavy atom. The molecular weight excluding hydrogens is 250 g/mol. The summed E-state index contributed by atoms with van der Waals surface area (Å²) in [6.45, 7) is 15.6. The van der Waals surface area contributed by atoms with Crippen molar-refractivity contribution in [2.24, 2.45) is 0 Å². The van der Waals surface area contributed by atoms with E-state index in [4.69, 9.17) is 9.47 Å². The van der Waals surface area contributed by atoms with Crippen molar-refractivity contribution in [3.8, 4) is 5.75 Å². The molecule has 0 atom stereocenters. The molecule has 1 rings (SSSR count). The molecular formula is C17H29NO2. The zero-order valence-electron chi connectivity index (χ0n) is 13.8. The quantitative estimate of drug-likeness (QED) is 0.773. The second-order valence-electron chi connectivity index (χ2n) is 6.21. The average molecular weight is 279 g/mol. The maximum absolute atomic E-state index is 5.82. The van der Waals surface area contributed by atoms with Gasteiger partial charge in [0.1, 0.15) is 12.4 Å². The summed E-state index contributed by atoms with van der Waals surface area (Å²) in [6.07, 6.45) is 0. The highest BCUT2D eigenvalue weighted by molar-refractivity contribution is 5.43. The van der Waals surface area contributed by atoms with E-state index in [9.17, 15) is 0 Å². The van der Waals surface area contributed by atoms with Gasteiger partial charge >= 0.3 is 0 Å². The number of ether oxygens (including phenoxy) is 2. The van der Waals surface area contributed by atoms with E-state index in [1.165, 1.54) is 16.7 Å². The zero-order chi connectivity index (χ0) is 15.2. The molecule has 0 radical (unpaired) electrons. The standard InChI is InChI=1S/C17H29NO2/c1-7-19-8-9-20-16-13(2)10-15(11-14(16)3)12-18-17(4,5)6/h10-11,18H,7-9,12H2,1-6H3. The van der Waals surface area contributed by atoms with E-state index in [-0.39, 0.29) is 5.54 Å². The molecule has 1 N–H and O–H groups in total. The van der Waals surface area contributed by atoms with Gasteiger partial charge in [-0.05, 0) is 58.2 Å². The van der Waals surface area contributed by atoms with Crippen molar-refractivity contribution >= 4 is 0 Å². The molecule has 0 amide bonds. The van der Waals surface area contributed by atoms with E-state index in [1.54, 1.807) is 0 Å². The van der Waals surface area contributed by atoms with Crippen molar-refractivity contribution in [3.05, 3.63) is 28.8 Å². The van der Waals surface area contributed by atoms with Crippen LogP contribution < -0.4 is 10.1 Å². The molecule has 0 aliphatic heterocycles. The second kappa shape index (κ2) is 7.65. The number of hydrogen-bond donors (Lipinski definition) is 1. The van der Waals surface area contributed by atoms with Crippen LogP contribution >= 0.6 is 0 Å². The fourth-order valence-electron chi connectivity index (χ4n) is 2.08. The summed E-state index contributed by atoms with van der Waals surface area (Å²) in [7, 11) is 0. The summed E-state index contributed by atoms with van der Waals surface area (Å²) in [6, 6.07) is 4.39. The summed E-state index contributed by atoms with van der Waals surface area (Å²) in [5.74, 6) is 0.990. The monoisotopic (exact) mass is 279 g/mol. The van der Waals surface area contributed by atoms with Crippen molar-refractivity contribution in [2.45, 2.75) is 53.6 Å². The zero-order valence-corrected chi connectivity index (χ0v) is 13.8. The predicted molar refractivity (Wildman–Crippen MR) is 84.5 cm³/mol. The van der Waals surface area contributed by atoms with E-state index in [1.807, 2.05) is 6.92 Å². The minimum atomic E-state index is 0.133. The first kappa shape index (κ1) is 17.0. The highest BCUT2D eigenvalue weighted by Gasteiger charge is 2.11. The minimum absolute atomic E-state index is 0.133. The minimum Gasteiger partial charge on any atom is -0.491 e. The van der Waals surface area contributed by atoms with E-state index in [0.717, 1.165) is 18.9 Å². The first-order valence-corrected chi connectivity index (χ1v) is 7.39. The van der Waals surface area contributed by atoms with E-state index in [2.05, 4.69) is 52.1 Å². The third-order valence-electron chi connectivity index (χ3n) is 3.02. The van der Waals surface area contributed by atoms with Gasteiger partial charge in [-0.3, -0.25) is 0 Å². The van der Waals surface area contributed by atoms with Crippen LogP contribution in [0.15, 0.2) is 12.1 Å². The Hall–Kier alpha value is -1.06. The molecule has 1 aromatic rings. The molecule has 114 valence electrons. The molecule has 3 heteroatoms. The van der Waals surface area contributed by atoms with Crippen LogP contribution in [-0.4, -0.2) is 25.4 Å². The van der Waals surface area contributed by atoms with Crippen molar-refractivity contribution < 1.29 is 9.47 Å². The maximum atomic E-state index is 5.82. The molecule has 1 aromatic carbocycles. The lowest BCUT2D eigenvalue weighted by Gasteiger charge is -2.21. The van der Waals surface area contributed by atoms with Crippen LogP contribution in [0, 0.1) is 13.8 Å². The normalized spacial score (nSPS) is 11.7. The largest absolute Gasteiger partial charge is 0.491 e. The van der Waals surface area contributed by atoms with Gasteiger partial charge in [0, 0.05) is 18.7 Å². The lowest BCUT2D eigenvalue weighted by Crippen LogP contribution is -2.35. The van der Waals surface area contributed by atoms with Crippen LogP contribution in [0.5, 0.6) is 5.75 Å². The van der Waals surface area contributed by atoms with E-state index in [0.29, 0.717) is 13.2 Å². The number of hydrogen-bond acceptors (Lipinski definition) is 3. The molecule has 0 spiro atoms. The summed E-state index contributed by atoms with van der Waals surface area (Å²) < 4.78 is 11.1. The average Bonchev–Trinajstić information content (AvgIpc) is 2.34. The van der Waals surface area contributed by atoms with Crippen LogP contribution in [0.1, 0.15) is 44.4 Å². The molecule has 20 heavy (non-hydrogen) atoms. The topological polar surface area (TPSA) is 30.5 Å². The summed E-state index contributed by atoms with van der Waals surface area (Å²) >= 11 is 0. The first-order valence-electron chi connectivity index (χ1n) is 7.39. The number of nitrogens with one attached hydrogen (secondary N) is 1. The van der Waals surface area contributed by atoms with Gasteiger partial charge in [0.05, 0.1) is 6.61 Å². The molecule has 0 saturated heterocycles. The number of rotatable bonds is 7. The van der Waals surface area contributed by atoms with Gasteiger partial charge in [0.15, 0.2) is 0 Å². The Kier molecular flexibility index (Phi) is 6.50. The van der Waals surface area contributed by atoms with Crippen LogP contribution in [-0.2, 0) is 11.3 Å². The van der Waals surface area contributed by atoms with Gasteiger partial charge in [-0.1, -0.05) is 12.1 Å². The van der Waals surface area contributed by atoms with Crippen molar-refractivity contribution in [1.29, 1.82) is 0 Å². The molecule has 0 saturated carbocycles. The van der Waals surface area contributed by atoms with Crippen LogP contribution in [0.3, 0.4) is 0 Å².